The van der Waals surface area contributed by atoms with Gasteiger partial charge in [0.2, 0.25) is 0 Å². The van der Waals surface area contributed by atoms with E-state index in [-0.39, 0.29) is 12.1 Å². The van der Waals surface area contributed by atoms with E-state index < -0.39 is 0 Å². The van der Waals surface area contributed by atoms with E-state index in [0.29, 0.717) is 12.5 Å². The van der Waals surface area contributed by atoms with E-state index in [2.05, 4.69) is 16.4 Å². The van der Waals surface area contributed by atoms with Gasteiger partial charge in [0.05, 0.1) is 22.7 Å². The summed E-state index contributed by atoms with van der Waals surface area (Å²) in [5, 5.41) is 4.52. The number of aromatic nitrogens is 1. The number of fused-ring (bicyclic) bond motifs is 1. The summed E-state index contributed by atoms with van der Waals surface area (Å²) in [4.78, 5) is 16.4. The quantitative estimate of drug-likeness (QED) is 0.842. The van der Waals surface area contributed by atoms with Crippen LogP contribution < -0.4 is 5.32 Å². The number of benzene rings is 1. The summed E-state index contributed by atoms with van der Waals surface area (Å²) in [6, 6.07) is 6.57. The molecule has 22 heavy (non-hydrogen) atoms. The van der Waals surface area contributed by atoms with Gasteiger partial charge in [-0.25, -0.2) is 4.98 Å². The van der Waals surface area contributed by atoms with Crippen LogP contribution in [0.15, 0.2) is 18.2 Å². The fourth-order valence-electron chi connectivity index (χ4n) is 2.86. The van der Waals surface area contributed by atoms with Gasteiger partial charge in [-0.3, -0.25) is 4.79 Å². The van der Waals surface area contributed by atoms with E-state index in [0.717, 1.165) is 20.9 Å². The van der Waals surface area contributed by atoms with Crippen LogP contribution in [0.25, 0.3) is 10.2 Å². The average molecular weight is 318 g/mol. The lowest BCUT2D eigenvalue weighted by atomic mass is 10.1. The Kier molecular flexibility index (Phi) is 4.62. The van der Waals surface area contributed by atoms with Crippen molar-refractivity contribution in [1.82, 2.24) is 4.98 Å². The number of hydrogen-bond donors (Lipinski definition) is 1. The molecule has 0 unspecified atom stereocenters. The van der Waals surface area contributed by atoms with Crippen LogP contribution in [0.2, 0.25) is 0 Å². The number of nitrogens with zero attached hydrogens (tertiary/aromatic N) is 1. The first-order valence-electron chi connectivity index (χ1n) is 7.95. The number of nitrogens with one attached hydrogen (secondary N) is 1. The zero-order valence-corrected chi connectivity index (χ0v) is 13.9. The highest BCUT2D eigenvalue weighted by Gasteiger charge is 2.16. The van der Waals surface area contributed by atoms with Crippen LogP contribution in [0.3, 0.4) is 0 Å². The molecular weight excluding hydrogens is 296 g/mol. The van der Waals surface area contributed by atoms with Gasteiger partial charge in [-0.1, -0.05) is 30.2 Å². The molecule has 1 aliphatic carbocycles. The first kappa shape index (κ1) is 15.3. The van der Waals surface area contributed by atoms with Crippen molar-refractivity contribution in [2.24, 2.45) is 0 Å². The Morgan fingerprint density at radius 3 is 2.91 bits per heavy atom. The molecule has 2 aromatic rings. The molecule has 0 bridgehead atoms. The maximum absolute atomic E-state index is 11.7. The number of rotatable bonds is 5. The summed E-state index contributed by atoms with van der Waals surface area (Å²) in [6.07, 6.45) is 5.35. The molecule has 1 fully saturated rings. The molecule has 0 radical (unpaired) electrons. The largest absolute Gasteiger partial charge is 0.463 e. The van der Waals surface area contributed by atoms with E-state index in [1.807, 2.05) is 26.0 Å². The molecule has 1 heterocycles. The number of ether oxygens (including phenoxy) is 1. The first-order chi connectivity index (χ1) is 10.6. The predicted octanol–water partition coefficient (Wildman–Crippen LogP) is 4.14. The summed E-state index contributed by atoms with van der Waals surface area (Å²) < 4.78 is 6.32. The van der Waals surface area contributed by atoms with Crippen molar-refractivity contribution in [1.29, 1.82) is 0 Å². The normalized spacial score (nSPS) is 15.6. The molecule has 0 saturated heterocycles. The SMILES string of the molecule is CC(C)OC(=O)Cc1ccc2nc(NC3CCCC3)sc2c1. The summed E-state index contributed by atoms with van der Waals surface area (Å²) in [7, 11) is 0. The number of esters is 1. The molecule has 118 valence electrons. The molecule has 3 rings (SSSR count). The highest BCUT2D eigenvalue weighted by atomic mass is 32.1. The van der Waals surface area contributed by atoms with E-state index in [9.17, 15) is 4.79 Å². The summed E-state index contributed by atoms with van der Waals surface area (Å²) in [5.41, 5.74) is 1.97. The van der Waals surface area contributed by atoms with Crippen LogP contribution >= 0.6 is 11.3 Å². The maximum atomic E-state index is 11.7. The van der Waals surface area contributed by atoms with E-state index >= 15 is 0 Å². The van der Waals surface area contributed by atoms with Crippen molar-refractivity contribution >= 4 is 32.7 Å². The molecule has 4 nitrogen and oxygen atoms in total. The fourth-order valence-corrected chi connectivity index (χ4v) is 3.86. The minimum absolute atomic E-state index is 0.0677. The van der Waals surface area contributed by atoms with E-state index in [4.69, 9.17) is 4.74 Å². The minimum Gasteiger partial charge on any atom is -0.463 e. The molecule has 0 aliphatic heterocycles. The smallest absolute Gasteiger partial charge is 0.310 e. The lowest BCUT2D eigenvalue weighted by Gasteiger charge is -2.09. The third-order valence-electron chi connectivity index (χ3n) is 3.85. The first-order valence-corrected chi connectivity index (χ1v) is 8.77. The molecule has 0 spiro atoms. The molecule has 1 N–H and O–H groups in total. The van der Waals surface area contributed by atoms with Gasteiger partial charge < -0.3 is 10.1 Å². The molecule has 1 aromatic heterocycles. The topological polar surface area (TPSA) is 51.2 Å². The molecule has 5 heteroatoms. The van der Waals surface area contributed by atoms with Crippen LogP contribution in [0, 0.1) is 0 Å². The molecule has 1 aliphatic rings. The Bertz CT molecular complexity index is 660. The van der Waals surface area contributed by atoms with Crippen molar-refractivity contribution < 1.29 is 9.53 Å². The lowest BCUT2D eigenvalue weighted by molar-refractivity contribution is -0.146. The van der Waals surface area contributed by atoms with Gasteiger partial charge >= 0.3 is 5.97 Å². The number of anilines is 1. The summed E-state index contributed by atoms with van der Waals surface area (Å²) in [6.45, 7) is 3.73. The van der Waals surface area contributed by atoms with Crippen LogP contribution in [0.4, 0.5) is 5.13 Å². The zero-order chi connectivity index (χ0) is 15.5. The van der Waals surface area contributed by atoms with Crippen molar-refractivity contribution in [3.8, 4) is 0 Å². The van der Waals surface area contributed by atoms with Gasteiger partial charge in [-0.05, 0) is 44.4 Å². The fraction of sp³-hybridized carbons (Fsp3) is 0.529. The standard InChI is InChI=1S/C17H22N2O2S/c1-11(2)21-16(20)10-12-7-8-14-15(9-12)22-17(19-14)18-13-5-3-4-6-13/h7-9,11,13H,3-6,10H2,1-2H3,(H,18,19). The monoisotopic (exact) mass is 318 g/mol. The third kappa shape index (κ3) is 3.77. The van der Waals surface area contributed by atoms with Crippen LogP contribution in [-0.2, 0) is 16.0 Å². The summed E-state index contributed by atoms with van der Waals surface area (Å²) >= 11 is 1.66. The Morgan fingerprint density at radius 2 is 2.18 bits per heavy atom. The van der Waals surface area contributed by atoms with Gasteiger partial charge in [-0.2, -0.15) is 0 Å². The van der Waals surface area contributed by atoms with Crippen molar-refractivity contribution in [3.05, 3.63) is 23.8 Å². The molecule has 0 amide bonds. The second-order valence-corrected chi connectivity index (χ2v) is 7.19. The molecule has 1 aromatic carbocycles. The predicted molar refractivity (Wildman–Crippen MR) is 90.4 cm³/mol. The second-order valence-electron chi connectivity index (χ2n) is 6.16. The highest BCUT2D eigenvalue weighted by Crippen LogP contribution is 2.30. The molecular formula is C17H22N2O2S. The Labute approximate surface area is 134 Å². The second kappa shape index (κ2) is 6.65. The van der Waals surface area contributed by atoms with Crippen LogP contribution in [-0.4, -0.2) is 23.1 Å². The van der Waals surface area contributed by atoms with Crippen molar-refractivity contribution in [2.45, 2.75) is 58.1 Å². The summed E-state index contributed by atoms with van der Waals surface area (Å²) in [5.74, 6) is -0.178. The Hall–Kier alpha value is -1.62. The minimum atomic E-state index is -0.178. The van der Waals surface area contributed by atoms with Gasteiger partial charge in [0, 0.05) is 6.04 Å². The van der Waals surface area contributed by atoms with Gasteiger partial charge in [0.25, 0.3) is 0 Å². The lowest BCUT2D eigenvalue weighted by Crippen LogP contribution is -2.13. The Morgan fingerprint density at radius 1 is 1.41 bits per heavy atom. The van der Waals surface area contributed by atoms with Crippen molar-refractivity contribution in [2.75, 3.05) is 5.32 Å². The van der Waals surface area contributed by atoms with Gasteiger partial charge in [0.15, 0.2) is 5.13 Å². The number of carbonyl (C=O) groups is 1. The van der Waals surface area contributed by atoms with Crippen LogP contribution in [0.1, 0.15) is 45.1 Å². The molecule has 1 saturated carbocycles. The highest BCUT2D eigenvalue weighted by molar-refractivity contribution is 7.22. The third-order valence-corrected chi connectivity index (χ3v) is 4.80. The van der Waals surface area contributed by atoms with Crippen LogP contribution in [0.5, 0.6) is 0 Å². The van der Waals surface area contributed by atoms with Crippen molar-refractivity contribution in [3.63, 3.8) is 0 Å². The van der Waals surface area contributed by atoms with E-state index in [1.54, 1.807) is 11.3 Å². The van der Waals surface area contributed by atoms with E-state index in [1.165, 1.54) is 25.7 Å². The molecule has 0 atom stereocenters. The number of thiazole rings is 1. The number of carbonyl (C=O) groups excluding carboxylic acids is 1. The average Bonchev–Trinajstić information content (AvgIpc) is 3.06. The zero-order valence-electron chi connectivity index (χ0n) is 13.1. The Balaban J connectivity index is 1.70. The van der Waals surface area contributed by atoms with Gasteiger partial charge in [0.1, 0.15) is 0 Å². The maximum Gasteiger partial charge on any atom is 0.310 e. The number of hydrogen-bond acceptors (Lipinski definition) is 5. The van der Waals surface area contributed by atoms with Gasteiger partial charge in [-0.15, -0.1) is 0 Å².